The summed E-state index contributed by atoms with van der Waals surface area (Å²) in [6, 6.07) is 9.78. The van der Waals surface area contributed by atoms with Crippen molar-refractivity contribution in [2.75, 3.05) is 13.1 Å². The zero-order valence-electron chi connectivity index (χ0n) is 13.4. The number of aliphatic imine (C=N–C) groups is 1. The van der Waals surface area contributed by atoms with Crippen LogP contribution in [0.3, 0.4) is 0 Å². The van der Waals surface area contributed by atoms with Crippen LogP contribution in [0.25, 0.3) is 0 Å². The average molecular weight is 444 g/mol. The van der Waals surface area contributed by atoms with Gasteiger partial charge >= 0.3 is 0 Å². The third kappa shape index (κ3) is 6.79. The number of nitrogens with zero attached hydrogens (tertiary/aromatic N) is 2. The fourth-order valence-corrected chi connectivity index (χ4v) is 2.00. The van der Waals surface area contributed by atoms with Gasteiger partial charge in [-0.15, -0.1) is 24.0 Å². The van der Waals surface area contributed by atoms with E-state index in [1.54, 1.807) is 36.7 Å². The maximum Gasteiger partial charge on any atom is 0.191 e. The SMILES string of the molecule is CCNC(=NCc1ccc(F)cc1)NCC(O)c1ccncc1.I. The standard InChI is InChI=1S/C17H21FN4O.HI/c1-2-20-17(21-11-13-3-5-15(18)6-4-13)22-12-16(23)14-7-9-19-10-8-14;/h3-10,16,23H,2,11-12H2,1H3,(H2,20,21,22);1H. The van der Waals surface area contributed by atoms with E-state index in [1.165, 1.54) is 12.1 Å². The molecule has 1 unspecified atom stereocenters. The molecular weight excluding hydrogens is 422 g/mol. The summed E-state index contributed by atoms with van der Waals surface area (Å²) < 4.78 is 12.9. The van der Waals surface area contributed by atoms with Gasteiger partial charge in [-0.3, -0.25) is 4.98 Å². The number of nitrogens with one attached hydrogen (secondary N) is 2. The van der Waals surface area contributed by atoms with E-state index in [2.05, 4.69) is 20.6 Å². The van der Waals surface area contributed by atoms with Gasteiger partial charge in [0.15, 0.2) is 5.96 Å². The van der Waals surface area contributed by atoms with Crippen molar-refractivity contribution in [3.05, 3.63) is 65.7 Å². The minimum atomic E-state index is -0.646. The molecule has 0 radical (unpaired) electrons. The predicted octanol–water partition coefficient (Wildman–Crippen LogP) is 2.63. The van der Waals surface area contributed by atoms with Crippen molar-refractivity contribution in [1.82, 2.24) is 15.6 Å². The van der Waals surface area contributed by atoms with Gasteiger partial charge in [0.25, 0.3) is 0 Å². The van der Waals surface area contributed by atoms with Crippen molar-refractivity contribution in [1.29, 1.82) is 0 Å². The Hall–Kier alpha value is -1.74. The molecule has 1 atom stereocenters. The number of aliphatic hydroxyl groups excluding tert-OH is 1. The third-order valence-electron chi connectivity index (χ3n) is 3.23. The number of hydrogen-bond donors (Lipinski definition) is 3. The van der Waals surface area contributed by atoms with Crippen LogP contribution in [-0.2, 0) is 6.54 Å². The summed E-state index contributed by atoms with van der Waals surface area (Å²) in [7, 11) is 0. The van der Waals surface area contributed by atoms with Gasteiger partial charge in [-0.05, 0) is 42.3 Å². The maximum absolute atomic E-state index is 12.9. The average Bonchev–Trinajstić information content (AvgIpc) is 2.59. The molecule has 130 valence electrons. The van der Waals surface area contributed by atoms with Crippen LogP contribution in [0.4, 0.5) is 4.39 Å². The number of pyridine rings is 1. The van der Waals surface area contributed by atoms with Crippen molar-refractivity contribution in [3.63, 3.8) is 0 Å². The topological polar surface area (TPSA) is 69.5 Å². The lowest BCUT2D eigenvalue weighted by Crippen LogP contribution is -2.39. The lowest BCUT2D eigenvalue weighted by atomic mass is 10.1. The molecule has 3 N–H and O–H groups in total. The summed E-state index contributed by atoms with van der Waals surface area (Å²) >= 11 is 0. The second-order valence-corrected chi connectivity index (χ2v) is 5.00. The molecule has 24 heavy (non-hydrogen) atoms. The smallest absolute Gasteiger partial charge is 0.191 e. The van der Waals surface area contributed by atoms with Crippen LogP contribution in [0.1, 0.15) is 24.2 Å². The highest BCUT2D eigenvalue weighted by Crippen LogP contribution is 2.09. The Kier molecular flexibility index (Phi) is 9.24. The minimum absolute atomic E-state index is 0. The molecule has 0 saturated carbocycles. The molecule has 0 aliphatic heterocycles. The Morgan fingerprint density at radius 1 is 1.17 bits per heavy atom. The molecule has 2 rings (SSSR count). The van der Waals surface area contributed by atoms with Crippen LogP contribution in [0.15, 0.2) is 53.8 Å². The Bertz CT molecular complexity index is 622. The normalized spacial score (nSPS) is 12.2. The highest BCUT2D eigenvalue weighted by Gasteiger charge is 2.07. The van der Waals surface area contributed by atoms with Crippen molar-refractivity contribution in [2.45, 2.75) is 19.6 Å². The van der Waals surface area contributed by atoms with E-state index in [4.69, 9.17) is 0 Å². The third-order valence-corrected chi connectivity index (χ3v) is 3.23. The maximum atomic E-state index is 12.9. The lowest BCUT2D eigenvalue weighted by molar-refractivity contribution is 0.180. The number of rotatable bonds is 6. The van der Waals surface area contributed by atoms with Crippen molar-refractivity contribution >= 4 is 29.9 Å². The summed E-state index contributed by atoms with van der Waals surface area (Å²) in [4.78, 5) is 8.35. The monoisotopic (exact) mass is 444 g/mol. The van der Waals surface area contributed by atoms with E-state index >= 15 is 0 Å². The number of aromatic nitrogens is 1. The molecule has 0 fully saturated rings. The largest absolute Gasteiger partial charge is 0.387 e. The van der Waals surface area contributed by atoms with Crippen LogP contribution in [0, 0.1) is 5.82 Å². The summed E-state index contributed by atoms with van der Waals surface area (Å²) in [6.45, 7) is 3.44. The summed E-state index contributed by atoms with van der Waals surface area (Å²) in [5.74, 6) is 0.341. The molecule has 1 aromatic heterocycles. The Balaban J connectivity index is 0.00000288. The first-order valence-electron chi connectivity index (χ1n) is 7.53. The van der Waals surface area contributed by atoms with E-state index in [9.17, 15) is 9.50 Å². The molecule has 2 aromatic rings. The van der Waals surface area contributed by atoms with Crippen LogP contribution >= 0.6 is 24.0 Å². The molecule has 7 heteroatoms. The molecule has 1 heterocycles. The molecule has 0 aliphatic carbocycles. The predicted molar refractivity (Wildman–Crippen MR) is 104 cm³/mol. The van der Waals surface area contributed by atoms with Crippen LogP contribution in [0.2, 0.25) is 0 Å². The summed E-state index contributed by atoms with van der Waals surface area (Å²) in [6.07, 6.45) is 2.64. The van der Waals surface area contributed by atoms with Gasteiger partial charge in [-0.25, -0.2) is 9.38 Å². The van der Waals surface area contributed by atoms with Gasteiger partial charge in [-0.2, -0.15) is 0 Å². The van der Waals surface area contributed by atoms with Crippen LogP contribution < -0.4 is 10.6 Å². The van der Waals surface area contributed by atoms with Gasteiger partial charge in [0.1, 0.15) is 5.82 Å². The number of halogens is 2. The molecule has 0 saturated heterocycles. The zero-order valence-corrected chi connectivity index (χ0v) is 15.8. The Morgan fingerprint density at radius 2 is 1.83 bits per heavy atom. The Labute approximate surface area is 158 Å². The van der Waals surface area contributed by atoms with Crippen LogP contribution in [-0.4, -0.2) is 29.1 Å². The fourth-order valence-electron chi connectivity index (χ4n) is 2.00. The van der Waals surface area contributed by atoms with Crippen LogP contribution in [0.5, 0.6) is 0 Å². The van der Waals surface area contributed by atoms with Gasteiger partial charge in [-0.1, -0.05) is 12.1 Å². The Morgan fingerprint density at radius 3 is 2.46 bits per heavy atom. The highest BCUT2D eigenvalue weighted by atomic mass is 127. The van der Waals surface area contributed by atoms with E-state index < -0.39 is 6.10 Å². The number of hydrogen-bond acceptors (Lipinski definition) is 3. The summed E-state index contributed by atoms with van der Waals surface area (Å²) in [5, 5.41) is 16.3. The second kappa shape index (κ2) is 10.9. The second-order valence-electron chi connectivity index (χ2n) is 5.00. The lowest BCUT2D eigenvalue weighted by Gasteiger charge is -2.15. The molecule has 0 bridgehead atoms. The van der Waals surface area contributed by atoms with E-state index in [-0.39, 0.29) is 29.8 Å². The first-order valence-corrected chi connectivity index (χ1v) is 7.53. The van der Waals surface area contributed by atoms with Gasteiger partial charge < -0.3 is 15.7 Å². The number of aliphatic hydroxyl groups is 1. The van der Waals surface area contributed by atoms with Gasteiger partial charge in [0.05, 0.1) is 12.6 Å². The molecular formula is C17H22FIN4O. The number of guanidine groups is 1. The van der Waals surface area contributed by atoms with E-state index in [0.29, 0.717) is 25.6 Å². The molecule has 0 amide bonds. The van der Waals surface area contributed by atoms with E-state index in [1.807, 2.05) is 6.92 Å². The first-order chi connectivity index (χ1) is 11.2. The van der Waals surface area contributed by atoms with Gasteiger partial charge in [0, 0.05) is 25.5 Å². The van der Waals surface area contributed by atoms with Crippen molar-refractivity contribution in [3.8, 4) is 0 Å². The summed E-state index contributed by atoms with van der Waals surface area (Å²) in [5.41, 5.74) is 1.71. The zero-order chi connectivity index (χ0) is 16.5. The minimum Gasteiger partial charge on any atom is -0.387 e. The fraction of sp³-hybridized carbons (Fsp3) is 0.294. The van der Waals surface area contributed by atoms with Gasteiger partial charge in [0.2, 0.25) is 0 Å². The first kappa shape index (κ1) is 20.3. The van der Waals surface area contributed by atoms with E-state index in [0.717, 1.165) is 11.1 Å². The molecule has 0 spiro atoms. The van der Waals surface area contributed by atoms with Crippen molar-refractivity contribution < 1.29 is 9.50 Å². The highest BCUT2D eigenvalue weighted by molar-refractivity contribution is 14.0. The number of benzene rings is 1. The quantitative estimate of drug-likeness (QED) is 0.364. The molecule has 5 nitrogen and oxygen atoms in total. The van der Waals surface area contributed by atoms with Crippen molar-refractivity contribution in [2.24, 2.45) is 4.99 Å². The molecule has 0 aliphatic rings. The molecule has 1 aromatic carbocycles.